The first-order valence-electron chi connectivity index (χ1n) is 7.83. The van der Waals surface area contributed by atoms with Crippen LogP contribution in [-0.4, -0.2) is 20.8 Å². The van der Waals surface area contributed by atoms with Crippen LogP contribution in [0.3, 0.4) is 0 Å². The first-order valence-corrected chi connectivity index (χ1v) is 7.83. The zero-order valence-corrected chi connectivity index (χ0v) is 13.9. The molecule has 3 rings (SSSR count). The molecule has 2 heterocycles. The summed E-state index contributed by atoms with van der Waals surface area (Å²) >= 11 is 0. The number of pyridine rings is 2. The summed E-state index contributed by atoms with van der Waals surface area (Å²) in [6, 6.07) is 10.9. The first kappa shape index (κ1) is 17.3. The van der Waals surface area contributed by atoms with E-state index in [-0.39, 0.29) is 17.9 Å². The van der Waals surface area contributed by atoms with E-state index in [0.29, 0.717) is 27.9 Å². The molecule has 0 aliphatic rings. The highest BCUT2D eigenvalue weighted by Crippen LogP contribution is 2.27. The van der Waals surface area contributed by atoms with E-state index < -0.39 is 6.09 Å². The monoisotopic (exact) mass is 353 g/mol. The average Bonchev–Trinajstić information content (AvgIpc) is 2.63. The molecule has 3 aromatic rings. The SMILES string of the molecule is Cn1ccc(-c2cc(-c3ccc(F)cc3)ncc2CNC(=O)O)cc1=O. The third-order valence-corrected chi connectivity index (χ3v) is 3.97. The second-order valence-corrected chi connectivity index (χ2v) is 5.76. The Labute approximate surface area is 148 Å². The zero-order valence-electron chi connectivity index (χ0n) is 13.9. The van der Waals surface area contributed by atoms with Gasteiger partial charge in [0.1, 0.15) is 5.82 Å². The van der Waals surface area contributed by atoms with E-state index in [1.54, 1.807) is 43.7 Å². The molecule has 1 amide bonds. The predicted octanol–water partition coefficient (Wildman–Crippen LogP) is 3.02. The fraction of sp³-hybridized carbons (Fsp3) is 0.105. The van der Waals surface area contributed by atoms with Gasteiger partial charge >= 0.3 is 6.09 Å². The predicted molar refractivity (Wildman–Crippen MR) is 95.2 cm³/mol. The van der Waals surface area contributed by atoms with Crippen LogP contribution in [0.2, 0.25) is 0 Å². The van der Waals surface area contributed by atoms with Crippen molar-refractivity contribution in [2.75, 3.05) is 0 Å². The summed E-state index contributed by atoms with van der Waals surface area (Å²) in [5.41, 5.74) is 3.10. The summed E-state index contributed by atoms with van der Waals surface area (Å²) in [6.07, 6.45) is 2.05. The van der Waals surface area contributed by atoms with E-state index in [2.05, 4.69) is 10.3 Å². The van der Waals surface area contributed by atoms with Crippen LogP contribution < -0.4 is 10.9 Å². The average molecular weight is 353 g/mol. The number of aryl methyl sites for hydroxylation is 1. The van der Waals surface area contributed by atoms with Gasteiger partial charge in [-0.3, -0.25) is 9.78 Å². The second-order valence-electron chi connectivity index (χ2n) is 5.76. The minimum Gasteiger partial charge on any atom is -0.465 e. The number of hydrogen-bond acceptors (Lipinski definition) is 3. The number of carboxylic acid groups (broad SMARTS) is 1. The molecule has 0 aliphatic carbocycles. The molecule has 2 N–H and O–H groups in total. The number of amides is 1. The number of nitrogens with one attached hydrogen (secondary N) is 1. The lowest BCUT2D eigenvalue weighted by Gasteiger charge is -2.12. The molecule has 7 heteroatoms. The Hall–Kier alpha value is -3.48. The smallest absolute Gasteiger partial charge is 0.404 e. The molecule has 0 unspecified atom stereocenters. The number of hydrogen-bond donors (Lipinski definition) is 2. The topological polar surface area (TPSA) is 84.2 Å². The fourth-order valence-corrected chi connectivity index (χ4v) is 2.56. The molecule has 0 aliphatic heterocycles. The lowest BCUT2D eigenvalue weighted by atomic mass is 9.99. The Morgan fingerprint density at radius 3 is 2.58 bits per heavy atom. The van der Waals surface area contributed by atoms with E-state index in [1.165, 1.54) is 22.8 Å². The maximum Gasteiger partial charge on any atom is 0.404 e. The van der Waals surface area contributed by atoms with Crippen molar-refractivity contribution in [3.63, 3.8) is 0 Å². The second kappa shape index (κ2) is 7.18. The number of aromatic nitrogens is 2. The van der Waals surface area contributed by atoms with Gasteiger partial charge in [-0.15, -0.1) is 0 Å². The van der Waals surface area contributed by atoms with Crippen LogP contribution in [0.15, 0.2) is 59.7 Å². The minimum atomic E-state index is -1.15. The van der Waals surface area contributed by atoms with Crippen molar-refractivity contribution in [1.29, 1.82) is 0 Å². The quantitative estimate of drug-likeness (QED) is 0.755. The molecule has 6 nitrogen and oxygen atoms in total. The van der Waals surface area contributed by atoms with Crippen molar-refractivity contribution in [3.05, 3.63) is 76.6 Å². The number of nitrogens with zero attached hydrogens (tertiary/aromatic N) is 2. The fourth-order valence-electron chi connectivity index (χ4n) is 2.56. The molecule has 132 valence electrons. The van der Waals surface area contributed by atoms with Crippen LogP contribution in [-0.2, 0) is 13.6 Å². The van der Waals surface area contributed by atoms with Crippen LogP contribution >= 0.6 is 0 Å². The lowest BCUT2D eigenvalue weighted by molar-refractivity contribution is 0.194. The van der Waals surface area contributed by atoms with E-state index in [0.717, 1.165) is 0 Å². The Morgan fingerprint density at radius 2 is 1.92 bits per heavy atom. The first-order chi connectivity index (χ1) is 12.4. The Bertz CT molecular complexity index is 1010. The normalized spacial score (nSPS) is 10.5. The molecule has 0 saturated carbocycles. The van der Waals surface area contributed by atoms with Gasteiger partial charge in [0.15, 0.2) is 0 Å². The number of carbonyl (C=O) groups is 1. The van der Waals surface area contributed by atoms with Crippen LogP contribution in [0.1, 0.15) is 5.56 Å². The molecular weight excluding hydrogens is 337 g/mol. The highest BCUT2D eigenvalue weighted by molar-refractivity contribution is 5.73. The standard InChI is InChI=1S/C19H16FN3O3/c1-23-7-6-13(8-18(23)24)16-9-17(12-2-4-15(20)5-3-12)21-10-14(16)11-22-19(25)26/h2-10,22H,11H2,1H3,(H,25,26). The van der Waals surface area contributed by atoms with Crippen molar-refractivity contribution < 1.29 is 14.3 Å². The van der Waals surface area contributed by atoms with Gasteiger partial charge < -0.3 is 15.0 Å². The summed E-state index contributed by atoms with van der Waals surface area (Å²) in [4.78, 5) is 27.1. The van der Waals surface area contributed by atoms with Crippen LogP contribution in [0.4, 0.5) is 9.18 Å². The van der Waals surface area contributed by atoms with E-state index >= 15 is 0 Å². The van der Waals surface area contributed by atoms with E-state index in [1.807, 2.05) is 0 Å². The summed E-state index contributed by atoms with van der Waals surface area (Å²) in [6.45, 7) is 0.0522. The van der Waals surface area contributed by atoms with Gasteiger partial charge in [0, 0.05) is 37.6 Å². The summed E-state index contributed by atoms with van der Waals surface area (Å²) in [7, 11) is 1.65. The van der Waals surface area contributed by atoms with Crippen molar-refractivity contribution in [1.82, 2.24) is 14.9 Å². The van der Waals surface area contributed by atoms with Crippen molar-refractivity contribution in [3.8, 4) is 22.4 Å². The summed E-state index contributed by atoms with van der Waals surface area (Å²) in [5, 5.41) is 11.2. The van der Waals surface area contributed by atoms with Gasteiger partial charge in [-0.25, -0.2) is 9.18 Å². The molecule has 0 radical (unpaired) electrons. The molecule has 0 fully saturated rings. The lowest BCUT2D eigenvalue weighted by Crippen LogP contribution is -2.20. The summed E-state index contributed by atoms with van der Waals surface area (Å²) < 4.78 is 14.6. The van der Waals surface area contributed by atoms with Gasteiger partial charge in [-0.2, -0.15) is 0 Å². The molecule has 1 aromatic carbocycles. The van der Waals surface area contributed by atoms with Crippen LogP contribution in [0.25, 0.3) is 22.4 Å². The third-order valence-electron chi connectivity index (χ3n) is 3.97. The van der Waals surface area contributed by atoms with E-state index in [4.69, 9.17) is 5.11 Å². The maximum absolute atomic E-state index is 13.1. The molecule has 2 aromatic heterocycles. The van der Waals surface area contributed by atoms with Crippen molar-refractivity contribution in [2.24, 2.45) is 7.05 Å². The zero-order chi connectivity index (χ0) is 18.7. The van der Waals surface area contributed by atoms with E-state index in [9.17, 15) is 14.0 Å². The summed E-state index contributed by atoms with van der Waals surface area (Å²) in [5.74, 6) is -0.345. The Kier molecular flexibility index (Phi) is 4.79. The van der Waals surface area contributed by atoms with Gasteiger partial charge in [0.05, 0.1) is 5.69 Å². The maximum atomic E-state index is 13.1. The van der Waals surface area contributed by atoms with Gasteiger partial charge in [-0.1, -0.05) is 0 Å². The number of benzene rings is 1. The molecule has 0 saturated heterocycles. The van der Waals surface area contributed by atoms with Crippen LogP contribution in [0.5, 0.6) is 0 Å². The largest absolute Gasteiger partial charge is 0.465 e. The molecule has 0 atom stereocenters. The van der Waals surface area contributed by atoms with Gasteiger partial charge in [0.25, 0.3) is 5.56 Å². The molecule has 0 bridgehead atoms. The van der Waals surface area contributed by atoms with Crippen molar-refractivity contribution in [2.45, 2.75) is 6.54 Å². The Morgan fingerprint density at radius 1 is 1.19 bits per heavy atom. The van der Waals surface area contributed by atoms with Crippen LogP contribution in [0, 0.1) is 5.82 Å². The highest BCUT2D eigenvalue weighted by atomic mass is 19.1. The molecular formula is C19H16FN3O3. The third kappa shape index (κ3) is 3.77. The highest BCUT2D eigenvalue weighted by Gasteiger charge is 2.11. The van der Waals surface area contributed by atoms with Gasteiger partial charge in [-0.05, 0) is 53.1 Å². The minimum absolute atomic E-state index is 0.0522. The number of halogens is 1. The number of rotatable bonds is 4. The molecule has 26 heavy (non-hydrogen) atoms. The van der Waals surface area contributed by atoms with Gasteiger partial charge in [0.2, 0.25) is 0 Å². The molecule has 0 spiro atoms. The Balaban J connectivity index is 2.11. The van der Waals surface area contributed by atoms with Crippen molar-refractivity contribution >= 4 is 6.09 Å².